The van der Waals surface area contributed by atoms with Crippen molar-refractivity contribution < 1.29 is 9.53 Å². The summed E-state index contributed by atoms with van der Waals surface area (Å²) < 4.78 is 5.51. The summed E-state index contributed by atoms with van der Waals surface area (Å²) in [6.45, 7) is 8.16. The first-order valence-corrected chi connectivity index (χ1v) is 7.62. The first-order valence-electron chi connectivity index (χ1n) is 7.24. The molecule has 1 unspecified atom stereocenters. The largest absolute Gasteiger partial charge is 0.444 e. The fraction of sp³-hybridized carbons (Fsp3) is 0.667. The van der Waals surface area contributed by atoms with E-state index in [2.05, 4.69) is 9.97 Å². The van der Waals surface area contributed by atoms with Crippen LogP contribution in [0.5, 0.6) is 0 Å². The van der Waals surface area contributed by atoms with E-state index in [4.69, 9.17) is 16.3 Å². The molecule has 0 bridgehead atoms. The molecule has 0 aliphatic heterocycles. The molecular weight excluding hydrogens is 290 g/mol. The number of hydrogen-bond acceptors (Lipinski definition) is 4. The third-order valence-electron chi connectivity index (χ3n) is 3.32. The summed E-state index contributed by atoms with van der Waals surface area (Å²) >= 11 is 6.10. The Morgan fingerprint density at radius 3 is 2.57 bits per heavy atom. The van der Waals surface area contributed by atoms with Crippen molar-refractivity contribution in [2.45, 2.75) is 52.2 Å². The lowest BCUT2D eigenvalue weighted by Crippen LogP contribution is -2.40. The van der Waals surface area contributed by atoms with E-state index in [1.54, 1.807) is 11.1 Å². The summed E-state index contributed by atoms with van der Waals surface area (Å²) in [5.74, 6) is 0.551. The molecule has 1 atom stereocenters. The van der Waals surface area contributed by atoms with Crippen molar-refractivity contribution in [3.63, 3.8) is 0 Å². The molecule has 1 aliphatic rings. The highest BCUT2D eigenvalue weighted by atomic mass is 35.5. The van der Waals surface area contributed by atoms with Crippen LogP contribution in [-0.4, -0.2) is 33.1 Å². The number of halogens is 1. The molecule has 116 valence electrons. The average Bonchev–Trinajstić information content (AvgIpc) is 3.17. The van der Waals surface area contributed by atoms with Crippen molar-refractivity contribution in [2.75, 3.05) is 6.54 Å². The Labute approximate surface area is 130 Å². The van der Waals surface area contributed by atoms with Crippen LogP contribution in [0.3, 0.4) is 0 Å². The zero-order valence-corrected chi connectivity index (χ0v) is 13.7. The lowest BCUT2D eigenvalue weighted by atomic mass is 10.2. The normalized spacial score (nSPS) is 16.4. The quantitative estimate of drug-likeness (QED) is 0.847. The summed E-state index contributed by atoms with van der Waals surface area (Å²) in [5, 5.41) is 0.328. The minimum absolute atomic E-state index is 0.262. The van der Waals surface area contributed by atoms with Crippen LogP contribution in [0, 0.1) is 5.92 Å². The second-order valence-electron chi connectivity index (χ2n) is 6.48. The molecular formula is C15H22ClN3O2. The predicted molar refractivity (Wildman–Crippen MR) is 81.1 cm³/mol. The molecule has 0 N–H and O–H groups in total. The summed E-state index contributed by atoms with van der Waals surface area (Å²) in [6, 6.07) is -0.262. The van der Waals surface area contributed by atoms with Crippen LogP contribution in [0.2, 0.25) is 5.15 Å². The second-order valence-corrected chi connectivity index (χ2v) is 6.84. The standard InChI is InChI=1S/C15H22ClN3O2/c1-10(12-13(16)18-8-7-17-12)19(9-11-5-6-11)14(20)21-15(2,3)4/h7-8,10-11H,5-6,9H2,1-4H3. The van der Waals surface area contributed by atoms with Gasteiger partial charge in [0.05, 0.1) is 6.04 Å². The van der Waals surface area contributed by atoms with Gasteiger partial charge in [0.1, 0.15) is 11.3 Å². The fourth-order valence-corrected chi connectivity index (χ4v) is 2.31. The van der Waals surface area contributed by atoms with Crippen LogP contribution < -0.4 is 0 Å². The van der Waals surface area contributed by atoms with Crippen LogP contribution in [0.15, 0.2) is 12.4 Å². The van der Waals surface area contributed by atoms with Crippen molar-refractivity contribution in [1.29, 1.82) is 0 Å². The van der Waals surface area contributed by atoms with Crippen LogP contribution in [0.25, 0.3) is 0 Å². The first-order chi connectivity index (χ1) is 9.78. The Bertz CT molecular complexity index is 512. The van der Waals surface area contributed by atoms with Gasteiger partial charge in [0.25, 0.3) is 0 Å². The number of hydrogen-bond donors (Lipinski definition) is 0. The molecule has 1 aromatic rings. The van der Waals surface area contributed by atoms with Crippen LogP contribution >= 0.6 is 11.6 Å². The van der Waals surface area contributed by atoms with Crippen molar-refractivity contribution >= 4 is 17.7 Å². The average molecular weight is 312 g/mol. The topological polar surface area (TPSA) is 55.3 Å². The molecule has 5 nitrogen and oxygen atoms in total. The maximum absolute atomic E-state index is 12.5. The molecule has 21 heavy (non-hydrogen) atoms. The van der Waals surface area contributed by atoms with E-state index in [9.17, 15) is 4.79 Å². The van der Waals surface area contributed by atoms with Gasteiger partial charge in [0, 0.05) is 18.9 Å². The molecule has 1 amide bonds. The summed E-state index contributed by atoms with van der Waals surface area (Å²) in [6.07, 6.45) is 5.10. The highest BCUT2D eigenvalue weighted by molar-refractivity contribution is 6.30. The van der Waals surface area contributed by atoms with E-state index in [-0.39, 0.29) is 12.1 Å². The number of amides is 1. The number of rotatable bonds is 4. The van der Waals surface area contributed by atoms with Gasteiger partial charge in [-0.25, -0.2) is 9.78 Å². The van der Waals surface area contributed by atoms with E-state index >= 15 is 0 Å². The molecule has 2 rings (SSSR count). The smallest absolute Gasteiger partial charge is 0.410 e. The lowest BCUT2D eigenvalue weighted by molar-refractivity contribution is 0.0158. The Hall–Kier alpha value is -1.36. The SMILES string of the molecule is CC(c1nccnc1Cl)N(CC1CC1)C(=O)OC(C)(C)C. The number of nitrogens with zero attached hydrogens (tertiary/aromatic N) is 3. The molecule has 1 saturated carbocycles. The molecule has 1 aromatic heterocycles. The van der Waals surface area contributed by atoms with Crippen molar-refractivity contribution in [3.05, 3.63) is 23.2 Å². The van der Waals surface area contributed by atoms with Crippen molar-refractivity contribution in [3.8, 4) is 0 Å². The highest BCUT2D eigenvalue weighted by Gasteiger charge is 2.34. The Kier molecular flexibility index (Phi) is 4.71. The molecule has 0 spiro atoms. The van der Waals surface area contributed by atoms with Gasteiger partial charge in [-0.1, -0.05) is 11.6 Å². The van der Waals surface area contributed by atoms with Crippen molar-refractivity contribution in [1.82, 2.24) is 14.9 Å². The minimum atomic E-state index is -0.523. The van der Waals surface area contributed by atoms with Gasteiger partial charge in [-0.3, -0.25) is 9.88 Å². The van der Waals surface area contributed by atoms with Gasteiger partial charge in [-0.15, -0.1) is 0 Å². The molecule has 0 saturated heterocycles. The molecule has 0 aromatic carbocycles. The van der Waals surface area contributed by atoms with Gasteiger partial charge in [-0.05, 0) is 46.5 Å². The van der Waals surface area contributed by atoms with Crippen molar-refractivity contribution in [2.24, 2.45) is 5.92 Å². The third kappa shape index (κ3) is 4.56. The molecule has 1 fully saturated rings. The molecule has 6 heteroatoms. The van der Waals surface area contributed by atoms with Crippen LogP contribution in [0.4, 0.5) is 4.79 Å². The Morgan fingerprint density at radius 1 is 1.43 bits per heavy atom. The number of ether oxygens (including phenoxy) is 1. The molecule has 1 heterocycles. The van der Waals surface area contributed by atoms with Crippen LogP contribution in [0.1, 0.15) is 52.3 Å². The Balaban J connectivity index is 2.18. The minimum Gasteiger partial charge on any atom is -0.444 e. The number of carbonyl (C=O) groups excluding carboxylic acids is 1. The van der Waals surface area contributed by atoms with Gasteiger partial charge in [-0.2, -0.15) is 0 Å². The molecule has 1 aliphatic carbocycles. The maximum atomic E-state index is 12.5. The Morgan fingerprint density at radius 2 is 2.05 bits per heavy atom. The zero-order valence-electron chi connectivity index (χ0n) is 13.0. The van der Waals surface area contributed by atoms with Gasteiger partial charge in [0.2, 0.25) is 0 Å². The predicted octanol–water partition coefficient (Wildman–Crippen LogP) is 3.84. The van der Waals surface area contributed by atoms with Gasteiger partial charge in [0.15, 0.2) is 5.15 Å². The third-order valence-corrected chi connectivity index (χ3v) is 3.61. The first kappa shape index (κ1) is 16.0. The van der Waals surface area contributed by atoms with Gasteiger partial charge < -0.3 is 4.74 Å². The summed E-state index contributed by atoms with van der Waals surface area (Å²) in [5.41, 5.74) is 0.0794. The second kappa shape index (κ2) is 6.18. The van der Waals surface area contributed by atoms with E-state index in [0.717, 1.165) is 12.8 Å². The zero-order chi connectivity index (χ0) is 15.6. The van der Waals surface area contributed by atoms with Gasteiger partial charge >= 0.3 is 6.09 Å². The van der Waals surface area contributed by atoms with E-state index in [0.29, 0.717) is 23.3 Å². The van der Waals surface area contributed by atoms with E-state index < -0.39 is 5.60 Å². The van der Waals surface area contributed by atoms with E-state index in [1.165, 1.54) is 6.20 Å². The highest BCUT2D eigenvalue weighted by Crippen LogP contribution is 2.34. The molecule has 0 radical (unpaired) electrons. The van der Waals surface area contributed by atoms with E-state index in [1.807, 2.05) is 27.7 Å². The summed E-state index contributed by atoms with van der Waals surface area (Å²) in [4.78, 5) is 22.5. The fourth-order valence-electron chi connectivity index (χ4n) is 2.05. The lowest BCUT2D eigenvalue weighted by Gasteiger charge is -2.31. The number of aromatic nitrogens is 2. The summed E-state index contributed by atoms with van der Waals surface area (Å²) in [7, 11) is 0. The number of carbonyl (C=O) groups is 1. The monoisotopic (exact) mass is 311 g/mol. The van der Waals surface area contributed by atoms with Crippen LogP contribution in [-0.2, 0) is 4.74 Å². The maximum Gasteiger partial charge on any atom is 0.410 e.